The molecule has 48 valence electrons. The Bertz CT molecular complexity index is 19.2. The van der Waals surface area contributed by atoms with Crippen LogP contribution in [0.15, 0.2) is 0 Å². The second kappa shape index (κ2) is 15.7. The predicted octanol–water partition coefficient (Wildman–Crippen LogP) is 1.72. The molecule has 0 N–H and O–H groups in total. The van der Waals surface area contributed by atoms with Crippen LogP contribution in [0.3, 0.4) is 0 Å². The minimum Gasteiger partial charge on any atom is -0.147 e. The fourth-order valence-corrected chi connectivity index (χ4v) is 1.06. The molecule has 7 heavy (non-hydrogen) atoms. The first-order valence-electron chi connectivity index (χ1n) is 2.41. The zero-order chi connectivity index (χ0) is 4.12. The third-order valence-corrected chi connectivity index (χ3v) is 2.12. The van der Waals surface area contributed by atoms with Gasteiger partial charge in [-0.25, -0.2) is 0 Å². The molecule has 0 amide bonds. The topological polar surface area (TPSA) is 0 Å². The Balaban J connectivity index is -0.0000000800. The van der Waals surface area contributed by atoms with Crippen LogP contribution < -0.4 is 0 Å². The summed E-state index contributed by atoms with van der Waals surface area (Å²) in [4.78, 5) is 0. The minimum absolute atomic E-state index is 0. The summed E-state index contributed by atoms with van der Waals surface area (Å²) in [7, 11) is 0. The van der Waals surface area contributed by atoms with Crippen LogP contribution in [0.1, 0.15) is 13.8 Å². The summed E-state index contributed by atoms with van der Waals surface area (Å²) >= 11 is 0.432. The van der Waals surface area contributed by atoms with Crippen molar-refractivity contribution in [3.63, 3.8) is 0 Å². The van der Waals surface area contributed by atoms with Crippen molar-refractivity contribution in [3.8, 4) is 0 Å². The van der Waals surface area contributed by atoms with Crippen LogP contribution >= 0.6 is 12.4 Å². The van der Waals surface area contributed by atoms with Crippen molar-refractivity contribution in [2.45, 2.75) is 24.4 Å². The molecule has 0 aromatic rings. The van der Waals surface area contributed by atoms with Crippen LogP contribution in [0.25, 0.3) is 0 Å². The molecular weight excluding hydrogens is 169 g/mol. The van der Waals surface area contributed by atoms with Crippen LogP contribution in [0.2, 0.25) is 10.6 Å². The van der Waals surface area contributed by atoms with E-state index in [9.17, 15) is 0 Å². The summed E-state index contributed by atoms with van der Waals surface area (Å²) < 4.78 is 0. The first-order valence-corrected chi connectivity index (χ1v) is 4.41. The first kappa shape index (κ1) is 15.8. The molecule has 3 heteroatoms. The molecule has 0 aromatic heterocycles. The van der Waals surface area contributed by atoms with Gasteiger partial charge in [0, 0.05) is 16.5 Å². The maximum atomic E-state index is 2.27. The fraction of sp³-hybridized carbons (Fsp3) is 1.00. The van der Waals surface area contributed by atoms with Crippen molar-refractivity contribution in [2.24, 2.45) is 0 Å². The molecule has 0 aliphatic carbocycles. The Hall–Kier alpha value is 1.32. The van der Waals surface area contributed by atoms with Gasteiger partial charge >= 0.3 is 0 Å². The number of rotatable bonds is 2. The van der Waals surface area contributed by atoms with Gasteiger partial charge in [-0.1, -0.05) is 13.8 Å². The van der Waals surface area contributed by atoms with E-state index in [1.54, 1.807) is 0 Å². The van der Waals surface area contributed by atoms with E-state index in [4.69, 9.17) is 0 Å². The second-order valence-corrected chi connectivity index (χ2v) is 4.06. The molecular formula is C4H12AlClNi. The third kappa shape index (κ3) is 18.8. The Labute approximate surface area is 68.5 Å². The monoisotopic (exact) mass is 180 g/mol. The Kier molecular flexibility index (Phi) is 35.3. The van der Waals surface area contributed by atoms with Gasteiger partial charge in [0.2, 0.25) is 15.2 Å². The summed E-state index contributed by atoms with van der Waals surface area (Å²) in [6.07, 6.45) is 0. The smallest absolute Gasteiger partial charge is 0.147 e. The number of halogens is 1. The fourth-order valence-electron chi connectivity index (χ4n) is 0.354. The molecule has 0 aliphatic heterocycles. The van der Waals surface area contributed by atoms with E-state index in [-0.39, 0.29) is 28.9 Å². The van der Waals surface area contributed by atoms with E-state index < -0.39 is 0 Å². The molecule has 0 saturated heterocycles. The van der Waals surface area contributed by atoms with E-state index in [2.05, 4.69) is 13.8 Å². The average molecular weight is 181 g/mol. The van der Waals surface area contributed by atoms with E-state index in [0.717, 1.165) is 0 Å². The Morgan fingerprint density at radius 1 is 1.14 bits per heavy atom. The summed E-state index contributed by atoms with van der Waals surface area (Å²) in [6, 6.07) is 0. The Morgan fingerprint density at radius 2 is 1.43 bits per heavy atom. The molecule has 0 aliphatic rings. The summed E-state index contributed by atoms with van der Waals surface area (Å²) in [5.74, 6) is 0. The number of hydrogen-bond donors (Lipinski definition) is 0. The molecule has 0 rings (SSSR count). The van der Waals surface area contributed by atoms with Gasteiger partial charge < -0.3 is 0 Å². The molecule has 0 aromatic carbocycles. The molecule has 0 bridgehead atoms. The molecule has 0 spiro atoms. The normalized spacial score (nSPS) is 5.43. The van der Waals surface area contributed by atoms with Crippen LogP contribution in [0, 0.1) is 0 Å². The van der Waals surface area contributed by atoms with Crippen LogP contribution in [0.4, 0.5) is 0 Å². The van der Waals surface area contributed by atoms with Crippen molar-refractivity contribution >= 4 is 27.6 Å². The van der Waals surface area contributed by atoms with Gasteiger partial charge in [-0.05, 0) is 0 Å². The predicted molar refractivity (Wildman–Crippen MR) is 35.4 cm³/mol. The van der Waals surface area contributed by atoms with Crippen LogP contribution in [-0.4, -0.2) is 15.2 Å². The van der Waals surface area contributed by atoms with E-state index >= 15 is 0 Å². The van der Waals surface area contributed by atoms with Crippen LogP contribution in [-0.2, 0) is 16.5 Å². The summed E-state index contributed by atoms with van der Waals surface area (Å²) in [5.41, 5.74) is 0. The van der Waals surface area contributed by atoms with Crippen molar-refractivity contribution in [1.82, 2.24) is 0 Å². The summed E-state index contributed by atoms with van der Waals surface area (Å²) in [5, 5.41) is 2.97. The minimum atomic E-state index is 0. The quantitative estimate of drug-likeness (QED) is 0.569. The molecule has 0 unspecified atom stereocenters. The molecule has 0 heterocycles. The largest absolute Gasteiger partial charge is 0.236 e. The maximum Gasteiger partial charge on any atom is 0.236 e. The van der Waals surface area contributed by atoms with Gasteiger partial charge in [0.05, 0.1) is 0 Å². The van der Waals surface area contributed by atoms with E-state index in [1.165, 1.54) is 10.6 Å². The van der Waals surface area contributed by atoms with E-state index in [1.807, 2.05) is 0 Å². The van der Waals surface area contributed by atoms with Crippen molar-refractivity contribution < 1.29 is 16.5 Å². The molecule has 0 fully saturated rings. The number of hydrogen-bond acceptors (Lipinski definition) is 0. The van der Waals surface area contributed by atoms with Crippen molar-refractivity contribution in [3.05, 3.63) is 0 Å². The second-order valence-electron chi connectivity index (χ2n) is 1.35. The Morgan fingerprint density at radius 3 is 1.43 bits per heavy atom. The first-order chi connectivity index (χ1) is 2.41. The van der Waals surface area contributed by atoms with Crippen LogP contribution in [0.5, 0.6) is 0 Å². The zero-order valence-corrected chi connectivity index (χ0v) is 8.06. The molecule has 0 saturated carbocycles. The van der Waals surface area contributed by atoms with Crippen molar-refractivity contribution in [2.75, 3.05) is 0 Å². The standard InChI is InChI=1S/2C2H5.Al.ClH.Ni.H/c2*1-2;;;;/h2*1H2,2H3;;1H;;. The zero-order valence-electron chi connectivity index (χ0n) is 4.85. The van der Waals surface area contributed by atoms with Gasteiger partial charge in [-0.2, -0.15) is 0 Å². The molecule has 0 nitrogen and oxygen atoms in total. The average Bonchev–Trinajstić information content (AvgIpc) is 1.41. The van der Waals surface area contributed by atoms with E-state index in [0.29, 0.717) is 15.2 Å². The SMILES string of the molecule is C[CH2][AlH][CH2]C.Cl.[Ni]. The molecule has 0 atom stereocenters. The third-order valence-electron chi connectivity index (χ3n) is 0.707. The van der Waals surface area contributed by atoms with Gasteiger partial charge in [-0.3, -0.25) is 0 Å². The maximum absolute atomic E-state index is 2.27. The van der Waals surface area contributed by atoms with Gasteiger partial charge in [-0.15, -0.1) is 23.0 Å². The molecule has 0 radical (unpaired) electrons. The van der Waals surface area contributed by atoms with Gasteiger partial charge in [0.25, 0.3) is 0 Å². The van der Waals surface area contributed by atoms with Crippen molar-refractivity contribution in [1.29, 1.82) is 0 Å². The van der Waals surface area contributed by atoms with Gasteiger partial charge in [0.15, 0.2) is 0 Å². The van der Waals surface area contributed by atoms with Gasteiger partial charge in [0.1, 0.15) is 0 Å². The summed E-state index contributed by atoms with van der Waals surface area (Å²) in [6.45, 7) is 4.55.